The van der Waals surface area contributed by atoms with Crippen LogP contribution in [0.3, 0.4) is 0 Å². The van der Waals surface area contributed by atoms with Gasteiger partial charge in [0, 0.05) is 12.2 Å². The van der Waals surface area contributed by atoms with Gasteiger partial charge in [-0.25, -0.2) is 21.8 Å². The summed E-state index contributed by atoms with van der Waals surface area (Å²) in [4.78, 5) is 3.58. The van der Waals surface area contributed by atoms with Crippen LogP contribution in [0.1, 0.15) is 6.42 Å². The minimum atomic E-state index is -3.99. The molecule has 21 heavy (non-hydrogen) atoms. The first kappa shape index (κ1) is 15.8. The Hall–Kier alpha value is -1.63. The van der Waals surface area contributed by atoms with E-state index in [1.807, 2.05) is 0 Å². The number of pyridine rings is 1. The molecule has 114 valence electrons. The number of rotatable bonds is 4. The summed E-state index contributed by atoms with van der Waals surface area (Å²) in [5.74, 6) is 1.85. The van der Waals surface area contributed by atoms with Gasteiger partial charge in [-0.15, -0.1) is 6.42 Å². The van der Waals surface area contributed by atoms with Crippen molar-refractivity contribution in [2.75, 3.05) is 23.8 Å². The van der Waals surface area contributed by atoms with Crippen LogP contribution in [-0.2, 0) is 19.9 Å². The van der Waals surface area contributed by atoms with Crippen LogP contribution in [-0.4, -0.2) is 50.2 Å². The Morgan fingerprint density at radius 2 is 2.24 bits per heavy atom. The predicted octanol–water partition coefficient (Wildman–Crippen LogP) is -0.525. The molecule has 0 saturated carbocycles. The van der Waals surface area contributed by atoms with E-state index in [9.17, 15) is 16.8 Å². The largest absolute Gasteiger partial charge is 0.383 e. The minimum Gasteiger partial charge on any atom is -0.383 e. The van der Waals surface area contributed by atoms with Gasteiger partial charge in [-0.3, -0.25) is 0 Å². The topological polar surface area (TPSA) is 110 Å². The lowest BCUT2D eigenvalue weighted by molar-refractivity contribution is 0.371. The summed E-state index contributed by atoms with van der Waals surface area (Å²) in [5, 5.41) is 0. The number of hydrogen-bond acceptors (Lipinski definition) is 6. The lowest BCUT2D eigenvalue weighted by Gasteiger charge is -2.25. The van der Waals surface area contributed by atoms with Gasteiger partial charge in [0.05, 0.1) is 18.1 Å². The van der Waals surface area contributed by atoms with Crippen molar-refractivity contribution in [3.63, 3.8) is 0 Å². The van der Waals surface area contributed by atoms with Crippen LogP contribution >= 0.6 is 0 Å². The van der Waals surface area contributed by atoms with Crippen molar-refractivity contribution >= 4 is 25.7 Å². The number of nitrogens with two attached hydrogens (primary N) is 1. The number of sulfone groups is 1. The fourth-order valence-electron chi connectivity index (χ4n) is 2.25. The molecule has 9 heteroatoms. The quantitative estimate of drug-likeness (QED) is 0.744. The number of hydrogen-bond donors (Lipinski definition) is 1. The van der Waals surface area contributed by atoms with Crippen molar-refractivity contribution < 1.29 is 16.8 Å². The first-order chi connectivity index (χ1) is 9.78. The number of terminal acetylenes is 1. The van der Waals surface area contributed by atoms with Gasteiger partial charge in [0.1, 0.15) is 10.7 Å². The van der Waals surface area contributed by atoms with Crippen molar-refractivity contribution in [3.8, 4) is 12.3 Å². The Morgan fingerprint density at radius 1 is 1.52 bits per heavy atom. The third-order valence-corrected chi connectivity index (χ3v) is 6.95. The fourth-order valence-corrected chi connectivity index (χ4v) is 5.71. The maximum absolute atomic E-state index is 12.7. The fraction of sp³-hybridized carbons (Fsp3) is 0.417. The second kappa shape index (κ2) is 5.63. The van der Waals surface area contributed by atoms with E-state index in [1.165, 1.54) is 18.3 Å². The Morgan fingerprint density at radius 3 is 2.76 bits per heavy atom. The summed E-state index contributed by atoms with van der Waals surface area (Å²) in [7, 11) is -7.22. The van der Waals surface area contributed by atoms with Crippen LogP contribution in [0.25, 0.3) is 0 Å². The third kappa shape index (κ3) is 3.18. The highest BCUT2D eigenvalue weighted by Crippen LogP contribution is 2.26. The standard InChI is InChI=1S/C12H15N3O4S2/c1-2-7-15(10-5-8-20(16,17)9-10)21(18,19)11-4-3-6-14-12(11)13/h1,3-4,6,10H,5,7-9H2,(H2,13,14). The maximum Gasteiger partial charge on any atom is 0.247 e. The summed E-state index contributed by atoms with van der Waals surface area (Å²) in [6.07, 6.45) is 6.83. The molecule has 1 saturated heterocycles. The van der Waals surface area contributed by atoms with E-state index in [-0.39, 0.29) is 35.2 Å². The molecule has 1 fully saturated rings. The van der Waals surface area contributed by atoms with Gasteiger partial charge in [0.25, 0.3) is 0 Å². The van der Waals surface area contributed by atoms with Crippen molar-refractivity contribution in [2.24, 2.45) is 0 Å². The first-order valence-corrected chi connectivity index (χ1v) is 9.40. The zero-order valence-electron chi connectivity index (χ0n) is 11.1. The summed E-state index contributed by atoms with van der Waals surface area (Å²) in [5.41, 5.74) is 5.61. The maximum atomic E-state index is 12.7. The molecule has 0 bridgehead atoms. The predicted molar refractivity (Wildman–Crippen MR) is 78.4 cm³/mol. The van der Waals surface area contributed by atoms with Crippen LogP contribution in [0.4, 0.5) is 5.82 Å². The summed E-state index contributed by atoms with van der Waals surface area (Å²) < 4.78 is 49.5. The van der Waals surface area contributed by atoms with Crippen molar-refractivity contribution in [2.45, 2.75) is 17.4 Å². The molecule has 1 aliphatic heterocycles. The zero-order valence-corrected chi connectivity index (χ0v) is 12.8. The van der Waals surface area contributed by atoms with Gasteiger partial charge >= 0.3 is 0 Å². The van der Waals surface area contributed by atoms with E-state index >= 15 is 0 Å². The van der Waals surface area contributed by atoms with Crippen molar-refractivity contribution in [1.82, 2.24) is 9.29 Å². The Labute approximate surface area is 124 Å². The van der Waals surface area contributed by atoms with Crippen molar-refractivity contribution in [1.29, 1.82) is 0 Å². The van der Waals surface area contributed by atoms with E-state index in [2.05, 4.69) is 10.9 Å². The summed E-state index contributed by atoms with van der Waals surface area (Å²) in [6.45, 7) is -0.211. The molecular formula is C12H15N3O4S2. The highest BCUT2D eigenvalue weighted by molar-refractivity contribution is 7.92. The molecule has 0 aliphatic carbocycles. The lowest BCUT2D eigenvalue weighted by Crippen LogP contribution is -2.41. The molecule has 2 N–H and O–H groups in total. The number of nitrogen functional groups attached to an aromatic ring is 1. The SMILES string of the molecule is C#CCN(C1CCS(=O)(=O)C1)S(=O)(=O)c1cccnc1N. The van der Waals surface area contributed by atoms with Crippen LogP contribution in [0, 0.1) is 12.3 Å². The molecule has 1 aromatic heterocycles. The van der Waals surface area contributed by atoms with Crippen molar-refractivity contribution in [3.05, 3.63) is 18.3 Å². The number of aromatic nitrogens is 1. The molecule has 0 aromatic carbocycles. The molecule has 1 unspecified atom stereocenters. The molecule has 2 heterocycles. The minimum absolute atomic E-state index is 0.0449. The summed E-state index contributed by atoms with van der Waals surface area (Å²) >= 11 is 0. The Balaban J connectivity index is 2.43. The molecule has 1 atom stereocenters. The van der Waals surface area contributed by atoms with Gasteiger partial charge in [-0.1, -0.05) is 5.92 Å². The lowest BCUT2D eigenvalue weighted by atomic mass is 10.3. The van der Waals surface area contributed by atoms with Gasteiger partial charge in [-0.2, -0.15) is 4.31 Å². The third-order valence-electron chi connectivity index (χ3n) is 3.25. The zero-order chi connectivity index (χ0) is 15.7. The molecule has 2 rings (SSSR count). The Bertz CT molecular complexity index is 781. The molecule has 1 aliphatic rings. The van der Waals surface area contributed by atoms with Crippen LogP contribution < -0.4 is 5.73 Å². The average Bonchev–Trinajstić information content (AvgIpc) is 2.76. The second-order valence-electron chi connectivity index (χ2n) is 4.70. The van der Waals surface area contributed by atoms with Gasteiger partial charge in [-0.05, 0) is 18.6 Å². The highest BCUT2D eigenvalue weighted by atomic mass is 32.2. The van der Waals surface area contributed by atoms with Gasteiger partial charge < -0.3 is 5.73 Å². The monoisotopic (exact) mass is 329 g/mol. The molecule has 0 radical (unpaired) electrons. The Kier molecular flexibility index (Phi) is 4.22. The molecule has 1 aromatic rings. The van der Waals surface area contributed by atoms with Gasteiger partial charge in [0.15, 0.2) is 9.84 Å². The highest BCUT2D eigenvalue weighted by Gasteiger charge is 2.39. The van der Waals surface area contributed by atoms with Crippen LogP contribution in [0.15, 0.2) is 23.2 Å². The number of nitrogens with zero attached hydrogens (tertiary/aromatic N) is 2. The first-order valence-electron chi connectivity index (χ1n) is 6.14. The van der Waals surface area contributed by atoms with Gasteiger partial charge in [0.2, 0.25) is 10.0 Å². The van der Waals surface area contributed by atoms with E-state index in [0.29, 0.717) is 0 Å². The van der Waals surface area contributed by atoms with E-state index in [4.69, 9.17) is 12.2 Å². The number of sulfonamides is 1. The molecule has 0 amide bonds. The number of anilines is 1. The van der Waals surface area contributed by atoms with E-state index in [0.717, 1.165) is 4.31 Å². The molecule has 7 nitrogen and oxygen atoms in total. The van der Waals surface area contributed by atoms with Crippen LogP contribution in [0.2, 0.25) is 0 Å². The van der Waals surface area contributed by atoms with E-state index < -0.39 is 25.9 Å². The normalized spacial score (nSPS) is 21.2. The smallest absolute Gasteiger partial charge is 0.247 e. The van der Waals surface area contributed by atoms with E-state index in [1.54, 1.807) is 0 Å². The molecule has 0 spiro atoms. The summed E-state index contributed by atoms with van der Waals surface area (Å²) in [6, 6.07) is 2.10. The van der Waals surface area contributed by atoms with Crippen LogP contribution in [0.5, 0.6) is 0 Å². The molecular weight excluding hydrogens is 314 g/mol. The average molecular weight is 329 g/mol. The second-order valence-corrected chi connectivity index (χ2v) is 8.79.